The number of hydrogen-bond donors (Lipinski definition) is 7. The van der Waals surface area contributed by atoms with Crippen molar-refractivity contribution in [2.75, 3.05) is 31.7 Å². The maximum atomic E-state index is 14.7. The topological polar surface area (TPSA) is 335 Å². The Balaban J connectivity index is 0.000000273. The molecule has 566 valence electrons. The van der Waals surface area contributed by atoms with E-state index in [1.54, 1.807) is 51.3 Å². The number of fused-ring (bicyclic) bond motifs is 2. The summed E-state index contributed by atoms with van der Waals surface area (Å²) in [5, 5.41) is 33.7. The lowest BCUT2D eigenvalue weighted by molar-refractivity contribution is -0.154. The molecule has 6 unspecified atom stereocenters. The van der Waals surface area contributed by atoms with Gasteiger partial charge in [0.2, 0.25) is 17.7 Å². The molecule has 2 heterocycles. The maximum Gasteiger partial charge on any atom is 0.334 e. The van der Waals surface area contributed by atoms with E-state index in [4.69, 9.17) is 10.5 Å². The largest absolute Gasteiger partial charge is 0.467 e. The van der Waals surface area contributed by atoms with Crippen LogP contribution in [0, 0.1) is 70.0 Å². The van der Waals surface area contributed by atoms with Crippen LogP contribution in [0.2, 0.25) is 0 Å². The third-order valence-electron chi connectivity index (χ3n) is 25.4. The average Bonchev–Trinajstić information content (AvgIpc) is 1.53. The lowest BCUT2D eigenvalue weighted by atomic mass is 9.82. The Kier molecular flexibility index (Phi) is 26.4. The first kappa shape index (κ1) is 81.9. The molecule has 0 bridgehead atoms. The molecule has 0 spiro atoms. The Hall–Kier alpha value is -4.42. The number of rotatable bonds is 26. The summed E-state index contributed by atoms with van der Waals surface area (Å²) in [5.41, 5.74) is 3.40. The van der Waals surface area contributed by atoms with Crippen LogP contribution in [-0.2, 0) is 53.2 Å². The van der Waals surface area contributed by atoms with Gasteiger partial charge >= 0.3 is 18.0 Å². The van der Waals surface area contributed by atoms with Gasteiger partial charge in [0.15, 0.2) is 37.3 Å². The summed E-state index contributed by atoms with van der Waals surface area (Å²) in [4.78, 5) is 113. The number of aliphatic hydroxyl groups excluding tert-OH is 2. The zero-order valence-corrected chi connectivity index (χ0v) is 62.0. The molecule has 22 nitrogen and oxygen atoms in total. The Labute approximate surface area is 593 Å². The van der Waals surface area contributed by atoms with Gasteiger partial charge in [-0.15, -0.1) is 0 Å². The van der Waals surface area contributed by atoms with Crippen molar-refractivity contribution in [2.24, 2.45) is 75.7 Å². The van der Waals surface area contributed by atoms with Crippen LogP contribution in [-0.4, -0.2) is 173 Å². The molecule has 0 aromatic rings. The molecule has 8 N–H and O–H groups in total. The number of nitrogens with two attached hydrogens (primary N) is 1. The first-order valence-corrected chi connectivity index (χ1v) is 40.6. The molecule has 0 aromatic carbocycles. The normalized spacial score (nSPS) is 28.1. The van der Waals surface area contributed by atoms with Crippen LogP contribution in [0.4, 0.5) is 9.59 Å². The van der Waals surface area contributed by atoms with Gasteiger partial charge in [-0.05, 0) is 164 Å². The molecular formula is C75H129N7O15S2. The number of carbonyl (C=O) groups excluding carboxylic acids is 8. The number of ketones is 2. The van der Waals surface area contributed by atoms with Crippen molar-refractivity contribution in [3.8, 4) is 0 Å². The van der Waals surface area contributed by atoms with Crippen LogP contribution in [0.1, 0.15) is 264 Å². The average molecular weight is 1430 g/mol. The van der Waals surface area contributed by atoms with E-state index >= 15 is 0 Å². The summed E-state index contributed by atoms with van der Waals surface area (Å²) >= 11 is 0. The minimum Gasteiger partial charge on any atom is -0.467 e. The molecule has 2 aliphatic heterocycles. The molecule has 12 atom stereocenters. The van der Waals surface area contributed by atoms with Gasteiger partial charge < -0.3 is 51.8 Å². The van der Waals surface area contributed by atoms with Crippen LogP contribution in [0.25, 0.3) is 0 Å². The molecule has 0 aromatic heterocycles. The molecule has 10 rings (SSSR count). The summed E-state index contributed by atoms with van der Waals surface area (Å²) in [7, 11) is -5.85. The number of sulfone groups is 2. The summed E-state index contributed by atoms with van der Waals surface area (Å²) in [6.07, 6.45) is 18.7. The number of hydrogen-bond acceptors (Lipinski definition) is 15. The standard InChI is InChI=1S/C37H61N3O8S.C36H60N4O7S.2CH4/c1-35(2,3)49(46,47)22-37(17-11-8-12-18-37)39-34(45)38-29(24-13-9-7-10-14-24)32(43)40-21-26-28(36(26,4)5)30(40)27(41)20-25(19-23-15-16-23)31(42)33(44)48-6;1-34(2,3)48(46,47)21-36(16-10-7-11-17-36)39-33(45)38-28(23-12-8-6-9-13-23)32(44)40-20-25-27(35(25,4)5)29(40)26(41)19-24(18-22-14-15-22)30(42)31(37)43;;/h23-26,28-31,42H,7-22H2,1-6H3,(H2,38,39,45);22-25,27-30,42H,6-21H2,1-5H3,(H2,37,43)(H2,38,39,45);2*1H4/t25?,26?,28-,29-,30+,31?;24?,25?,27-,28-,29+,30?;;/m00../s1. The van der Waals surface area contributed by atoms with Gasteiger partial charge in [0.1, 0.15) is 18.2 Å². The van der Waals surface area contributed by atoms with Crippen LogP contribution in [0.15, 0.2) is 0 Å². The second kappa shape index (κ2) is 31.9. The van der Waals surface area contributed by atoms with E-state index in [0.29, 0.717) is 63.5 Å². The Bertz CT molecular complexity index is 3110. The van der Waals surface area contributed by atoms with Gasteiger partial charge in [-0.25, -0.2) is 31.2 Å². The first-order chi connectivity index (χ1) is 45.3. The molecule has 8 saturated carbocycles. The monoisotopic (exact) mass is 1430 g/mol. The second-order valence-corrected chi connectivity index (χ2v) is 40.7. The smallest absolute Gasteiger partial charge is 0.334 e. The van der Waals surface area contributed by atoms with Crippen molar-refractivity contribution in [1.82, 2.24) is 31.1 Å². The van der Waals surface area contributed by atoms with Crippen molar-refractivity contribution in [1.29, 1.82) is 0 Å². The zero-order valence-electron chi connectivity index (χ0n) is 60.4. The van der Waals surface area contributed by atoms with Gasteiger partial charge in [-0.2, -0.15) is 0 Å². The van der Waals surface area contributed by atoms with E-state index in [1.807, 2.05) is 0 Å². The summed E-state index contributed by atoms with van der Waals surface area (Å²) < 4.78 is 56.4. The summed E-state index contributed by atoms with van der Waals surface area (Å²) in [6.45, 7) is 19.4. The molecule has 8 aliphatic carbocycles. The summed E-state index contributed by atoms with van der Waals surface area (Å²) in [6, 6.07) is -4.16. The van der Waals surface area contributed by atoms with Crippen molar-refractivity contribution >= 4 is 67.0 Å². The molecule has 2 saturated heterocycles. The molecular weight excluding hydrogens is 1300 g/mol. The summed E-state index contributed by atoms with van der Waals surface area (Å²) in [5.74, 6) is -3.15. The number of ether oxygens (including phenoxy) is 1. The van der Waals surface area contributed by atoms with E-state index in [2.05, 4.69) is 49.0 Å². The minimum absolute atomic E-state index is 0. The van der Waals surface area contributed by atoms with E-state index in [1.165, 1.54) is 7.11 Å². The maximum absolute atomic E-state index is 14.7. The molecule has 99 heavy (non-hydrogen) atoms. The van der Waals surface area contributed by atoms with Crippen molar-refractivity contribution < 1.29 is 70.1 Å². The number of nitrogens with one attached hydrogen (secondary N) is 4. The Morgan fingerprint density at radius 3 is 1.14 bits per heavy atom. The molecule has 0 radical (unpaired) electrons. The highest BCUT2D eigenvalue weighted by Crippen LogP contribution is 2.66. The molecule has 10 aliphatic rings. The lowest BCUT2D eigenvalue weighted by Gasteiger charge is -2.41. The second-order valence-electron chi connectivity index (χ2n) is 35.2. The van der Waals surface area contributed by atoms with Crippen LogP contribution in [0.5, 0.6) is 0 Å². The first-order valence-electron chi connectivity index (χ1n) is 37.3. The van der Waals surface area contributed by atoms with Crippen LogP contribution >= 0.6 is 0 Å². The van der Waals surface area contributed by atoms with Gasteiger partial charge in [0.05, 0.1) is 51.3 Å². The predicted octanol–water partition coefficient (Wildman–Crippen LogP) is 9.67. The zero-order chi connectivity index (χ0) is 71.2. The number of amides is 7. The van der Waals surface area contributed by atoms with E-state index in [0.717, 1.165) is 128 Å². The van der Waals surface area contributed by atoms with E-state index in [9.17, 15) is 65.4 Å². The fourth-order valence-corrected chi connectivity index (χ4v) is 21.4. The third-order valence-corrected chi connectivity index (χ3v) is 31.0. The highest BCUT2D eigenvalue weighted by Gasteiger charge is 2.71. The number of piperidine rings is 2. The quantitative estimate of drug-likeness (QED) is 0.0396. The van der Waals surface area contributed by atoms with E-state index in [-0.39, 0.29) is 109 Å². The number of primary amides is 1. The molecule has 24 heteroatoms. The van der Waals surface area contributed by atoms with Gasteiger partial charge in [0.25, 0.3) is 0 Å². The SMILES string of the molecule is C.C.CC1(C)C2CN(C(=O)[C@@H](NC(=O)NC3(CS(=O)(=O)C(C)(C)C)CCCCC3)C3CCCCC3)[C@H](C(=O)CC(CC3CC3)C(O)C(N)=O)[C@H]21.COC(=O)C(O)C(CC(=O)[C@@H]1[C@@H]2C(CN1C(=O)[C@@H](NC(=O)NC1(CS(=O)(=O)C(C)(C)C)CCCCC1)C1CCCCC1)C2(C)C)CC1CC1. The Morgan fingerprint density at radius 2 is 0.838 bits per heavy atom. The number of urea groups is 2. The van der Waals surface area contributed by atoms with Crippen LogP contribution < -0.4 is 27.0 Å². The van der Waals surface area contributed by atoms with Gasteiger partial charge in [0, 0.05) is 37.8 Å². The fourth-order valence-electron chi connectivity index (χ4n) is 18.4. The van der Waals surface area contributed by atoms with Gasteiger partial charge in [-0.3, -0.25) is 24.0 Å². The number of nitrogens with zero attached hydrogens (tertiary/aromatic N) is 2. The number of aliphatic hydroxyl groups is 2. The number of carbonyl (C=O) groups is 8. The molecule has 10 fully saturated rings. The van der Waals surface area contributed by atoms with Gasteiger partial charge in [-0.1, -0.05) is 145 Å². The van der Waals surface area contributed by atoms with Crippen molar-refractivity contribution in [2.45, 2.75) is 321 Å². The third kappa shape index (κ3) is 18.9. The number of Topliss-reactive ketones (excluding diaryl/α,β-unsaturated/α-hetero) is 2. The van der Waals surface area contributed by atoms with E-state index < -0.39 is 112 Å². The highest BCUT2D eigenvalue weighted by atomic mass is 32.2. The van der Waals surface area contributed by atoms with Crippen molar-refractivity contribution in [3.63, 3.8) is 0 Å². The fraction of sp³-hybridized carbons (Fsp3) is 0.893. The number of likely N-dealkylation sites (tertiary alicyclic amines) is 2. The number of methoxy groups -OCH3 is 1. The van der Waals surface area contributed by atoms with Crippen LogP contribution in [0.3, 0.4) is 0 Å². The number of esters is 1. The Morgan fingerprint density at radius 1 is 0.515 bits per heavy atom. The molecule has 7 amide bonds. The lowest BCUT2D eigenvalue weighted by Crippen LogP contribution is -2.62. The highest BCUT2D eigenvalue weighted by molar-refractivity contribution is 7.93. The van der Waals surface area contributed by atoms with Crippen molar-refractivity contribution in [3.05, 3.63) is 0 Å². The predicted molar refractivity (Wildman–Crippen MR) is 383 cm³/mol. The minimum atomic E-state index is -3.54.